The van der Waals surface area contributed by atoms with E-state index in [1.54, 1.807) is 6.07 Å². The minimum absolute atomic E-state index is 0.0992. The number of carboxylic acid groups (broad SMARTS) is 1. The summed E-state index contributed by atoms with van der Waals surface area (Å²) < 4.78 is 5.49. The third-order valence-corrected chi connectivity index (χ3v) is 3.10. The van der Waals surface area contributed by atoms with Crippen LogP contribution >= 0.6 is 0 Å². The van der Waals surface area contributed by atoms with Crippen LogP contribution < -0.4 is 5.32 Å². The summed E-state index contributed by atoms with van der Waals surface area (Å²) in [5, 5.41) is 10.8. The number of amides is 1. The zero-order chi connectivity index (χ0) is 14.7. The van der Waals surface area contributed by atoms with Crippen molar-refractivity contribution in [2.45, 2.75) is 13.8 Å². The van der Waals surface area contributed by atoms with Crippen molar-refractivity contribution < 1.29 is 19.1 Å². The van der Waals surface area contributed by atoms with E-state index in [0.29, 0.717) is 5.76 Å². The summed E-state index contributed by atoms with van der Waals surface area (Å²) in [6.45, 7) is 3.55. The van der Waals surface area contributed by atoms with Gasteiger partial charge in [0.15, 0.2) is 5.76 Å². The molecule has 2 aromatic rings. The molecule has 2 rings (SSSR count). The second-order valence-electron chi connectivity index (χ2n) is 4.49. The smallest absolute Gasteiger partial charge is 0.322 e. The topological polar surface area (TPSA) is 79.5 Å². The summed E-state index contributed by atoms with van der Waals surface area (Å²) in [6.07, 6.45) is 0. The third-order valence-electron chi connectivity index (χ3n) is 3.10. The van der Waals surface area contributed by atoms with Crippen molar-refractivity contribution in [2.24, 2.45) is 0 Å². The van der Waals surface area contributed by atoms with E-state index in [4.69, 9.17) is 9.52 Å². The Bertz CT molecular complexity index is 658. The van der Waals surface area contributed by atoms with Crippen LogP contribution in [0.5, 0.6) is 0 Å². The van der Waals surface area contributed by atoms with Gasteiger partial charge >= 0.3 is 5.97 Å². The largest absolute Gasteiger partial charge is 0.480 e. The van der Waals surface area contributed by atoms with Crippen LogP contribution in [0.25, 0.3) is 11.3 Å². The lowest BCUT2D eigenvalue weighted by Crippen LogP contribution is -2.28. The lowest BCUT2D eigenvalue weighted by molar-refractivity contribution is -0.135. The van der Waals surface area contributed by atoms with Gasteiger partial charge in [0.2, 0.25) is 0 Å². The molecule has 2 N–H and O–H groups in total. The van der Waals surface area contributed by atoms with Crippen LogP contribution in [-0.4, -0.2) is 23.5 Å². The number of furan rings is 1. The minimum atomic E-state index is -1.10. The molecule has 0 aliphatic carbocycles. The number of rotatable bonds is 4. The van der Waals surface area contributed by atoms with Gasteiger partial charge in [-0.1, -0.05) is 18.2 Å². The van der Waals surface area contributed by atoms with Crippen molar-refractivity contribution in [3.05, 3.63) is 47.2 Å². The van der Waals surface area contributed by atoms with Gasteiger partial charge in [-0.2, -0.15) is 0 Å². The molecule has 0 aliphatic heterocycles. The van der Waals surface area contributed by atoms with E-state index in [9.17, 15) is 9.59 Å². The molecule has 0 aliphatic rings. The number of aliphatic carboxylic acids is 1. The summed E-state index contributed by atoms with van der Waals surface area (Å²) in [5.74, 6) is -0.947. The molecule has 0 saturated carbocycles. The van der Waals surface area contributed by atoms with Crippen molar-refractivity contribution in [3.8, 4) is 11.3 Å². The molecule has 0 atom stereocenters. The lowest BCUT2D eigenvalue weighted by atomic mass is 10.0. The number of hydrogen-bond acceptors (Lipinski definition) is 3. The summed E-state index contributed by atoms with van der Waals surface area (Å²) in [6, 6.07) is 9.08. The molecule has 0 radical (unpaired) electrons. The van der Waals surface area contributed by atoms with E-state index < -0.39 is 18.4 Å². The Hall–Kier alpha value is -2.56. The molecular weight excluding hydrogens is 258 g/mol. The van der Waals surface area contributed by atoms with Gasteiger partial charge in [-0.05, 0) is 37.1 Å². The van der Waals surface area contributed by atoms with Crippen molar-refractivity contribution in [1.82, 2.24) is 5.32 Å². The van der Waals surface area contributed by atoms with E-state index in [-0.39, 0.29) is 5.76 Å². The summed E-state index contributed by atoms with van der Waals surface area (Å²) in [5.41, 5.74) is 3.14. The lowest BCUT2D eigenvalue weighted by Gasteiger charge is -2.05. The zero-order valence-electron chi connectivity index (χ0n) is 11.3. The first kappa shape index (κ1) is 13.9. The Labute approximate surface area is 116 Å². The Kier molecular flexibility index (Phi) is 3.89. The second-order valence-corrected chi connectivity index (χ2v) is 4.49. The molecule has 20 heavy (non-hydrogen) atoms. The highest BCUT2D eigenvalue weighted by atomic mass is 16.4. The van der Waals surface area contributed by atoms with Crippen LogP contribution in [0.2, 0.25) is 0 Å². The highest BCUT2D eigenvalue weighted by Gasteiger charge is 2.14. The van der Waals surface area contributed by atoms with Crippen LogP contribution in [-0.2, 0) is 4.79 Å². The SMILES string of the molecule is Cc1cccc(-c2ccc(C(=O)NCC(=O)O)o2)c1C. The number of carbonyl (C=O) groups is 2. The molecule has 0 bridgehead atoms. The standard InChI is InChI=1S/C15H15NO4/c1-9-4-3-5-11(10(9)2)12-6-7-13(20-12)15(19)16-8-14(17)18/h3-7H,8H2,1-2H3,(H,16,19)(H,17,18). The van der Waals surface area contributed by atoms with Gasteiger partial charge in [-0.25, -0.2) is 0 Å². The van der Waals surface area contributed by atoms with E-state index in [2.05, 4.69) is 5.32 Å². The normalized spacial score (nSPS) is 10.3. The summed E-state index contributed by atoms with van der Waals surface area (Å²) >= 11 is 0. The summed E-state index contributed by atoms with van der Waals surface area (Å²) in [4.78, 5) is 22.1. The predicted molar refractivity (Wildman–Crippen MR) is 73.6 cm³/mol. The molecule has 0 saturated heterocycles. The Morgan fingerprint density at radius 2 is 1.95 bits per heavy atom. The number of carbonyl (C=O) groups excluding carboxylic acids is 1. The van der Waals surface area contributed by atoms with Crippen molar-refractivity contribution in [3.63, 3.8) is 0 Å². The van der Waals surface area contributed by atoms with E-state index in [0.717, 1.165) is 16.7 Å². The van der Waals surface area contributed by atoms with Crippen LogP contribution in [0.4, 0.5) is 0 Å². The average Bonchev–Trinajstić information content (AvgIpc) is 2.88. The van der Waals surface area contributed by atoms with Crippen LogP contribution in [0.1, 0.15) is 21.7 Å². The average molecular weight is 273 g/mol. The number of nitrogens with one attached hydrogen (secondary N) is 1. The highest BCUT2D eigenvalue weighted by molar-refractivity contribution is 5.93. The predicted octanol–water partition coefficient (Wildman–Crippen LogP) is 2.38. The first-order valence-corrected chi connectivity index (χ1v) is 6.15. The zero-order valence-corrected chi connectivity index (χ0v) is 11.3. The minimum Gasteiger partial charge on any atom is -0.480 e. The van der Waals surface area contributed by atoms with Crippen molar-refractivity contribution in [2.75, 3.05) is 6.54 Å². The molecule has 1 amide bonds. The van der Waals surface area contributed by atoms with E-state index in [1.165, 1.54) is 6.07 Å². The van der Waals surface area contributed by atoms with Crippen LogP contribution in [0.15, 0.2) is 34.7 Å². The van der Waals surface area contributed by atoms with Gasteiger partial charge in [-0.15, -0.1) is 0 Å². The van der Waals surface area contributed by atoms with Crippen molar-refractivity contribution in [1.29, 1.82) is 0 Å². The number of benzene rings is 1. The maximum Gasteiger partial charge on any atom is 0.322 e. The van der Waals surface area contributed by atoms with Crippen LogP contribution in [0, 0.1) is 13.8 Å². The number of aryl methyl sites for hydroxylation is 1. The first-order valence-electron chi connectivity index (χ1n) is 6.15. The molecular formula is C15H15NO4. The van der Waals surface area contributed by atoms with E-state index >= 15 is 0 Å². The molecule has 104 valence electrons. The Balaban J connectivity index is 2.22. The molecule has 0 spiro atoms. The summed E-state index contributed by atoms with van der Waals surface area (Å²) in [7, 11) is 0. The highest BCUT2D eigenvalue weighted by Crippen LogP contribution is 2.27. The molecule has 1 heterocycles. The molecule has 1 aromatic carbocycles. The Morgan fingerprint density at radius 1 is 1.20 bits per heavy atom. The fourth-order valence-corrected chi connectivity index (χ4v) is 1.87. The maximum atomic E-state index is 11.7. The maximum absolute atomic E-state index is 11.7. The molecule has 5 nitrogen and oxygen atoms in total. The van der Waals surface area contributed by atoms with Gasteiger partial charge in [0, 0.05) is 5.56 Å². The van der Waals surface area contributed by atoms with Gasteiger partial charge in [0.1, 0.15) is 12.3 Å². The third kappa shape index (κ3) is 2.88. The first-order chi connectivity index (χ1) is 9.49. The quantitative estimate of drug-likeness (QED) is 0.896. The fourth-order valence-electron chi connectivity index (χ4n) is 1.87. The number of carboxylic acids is 1. The van der Waals surface area contributed by atoms with Gasteiger partial charge in [0.05, 0.1) is 0 Å². The molecule has 0 unspecified atom stereocenters. The fraction of sp³-hybridized carbons (Fsp3) is 0.200. The molecule has 1 aromatic heterocycles. The second kappa shape index (κ2) is 5.61. The van der Waals surface area contributed by atoms with Gasteiger partial charge in [-0.3, -0.25) is 9.59 Å². The van der Waals surface area contributed by atoms with Crippen LogP contribution in [0.3, 0.4) is 0 Å². The Morgan fingerprint density at radius 3 is 2.65 bits per heavy atom. The monoisotopic (exact) mass is 273 g/mol. The number of hydrogen-bond donors (Lipinski definition) is 2. The molecule has 5 heteroatoms. The molecule has 0 fully saturated rings. The van der Waals surface area contributed by atoms with Gasteiger partial charge in [0.25, 0.3) is 5.91 Å². The van der Waals surface area contributed by atoms with Crippen molar-refractivity contribution >= 4 is 11.9 Å². The van der Waals surface area contributed by atoms with Gasteiger partial charge < -0.3 is 14.8 Å². The van der Waals surface area contributed by atoms with E-state index in [1.807, 2.05) is 32.0 Å².